The lowest BCUT2D eigenvalue weighted by Crippen LogP contribution is -2.43. The van der Waals surface area contributed by atoms with Crippen molar-refractivity contribution in [2.45, 2.75) is 37.9 Å². The molecule has 32 heavy (non-hydrogen) atoms. The number of anilines is 1. The molecule has 0 aromatic heterocycles. The summed E-state index contributed by atoms with van der Waals surface area (Å²) in [6.07, 6.45) is 1.61. The van der Waals surface area contributed by atoms with Crippen LogP contribution in [0.3, 0.4) is 0 Å². The van der Waals surface area contributed by atoms with Crippen LogP contribution in [-0.2, 0) is 4.79 Å². The smallest absolute Gasteiger partial charge is 0.250 e. The van der Waals surface area contributed by atoms with Crippen molar-refractivity contribution in [1.29, 1.82) is 0 Å². The number of benzene rings is 3. The second-order valence-electron chi connectivity index (χ2n) is 8.31. The maximum atomic E-state index is 14.1. The van der Waals surface area contributed by atoms with Gasteiger partial charge in [0.15, 0.2) is 0 Å². The monoisotopic (exact) mass is 430 g/mol. The van der Waals surface area contributed by atoms with Gasteiger partial charge in [-0.1, -0.05) is 66.2 Å². The van der Waals surface area contributed by atoms with Crippen molar-refractivity contribution in [1.82, 2.24) is 4.90 Å². The van der Waals surface area contributed by atoms with E-state index in [2.05, 4.69) is 17.4 Å². The van der Waals surface area contributed by atoms with Gasteiger partial charge in [-0.25, -0.2) is 0 Å². The number of carbonyl (C=O) groups excluding carboxylic acids is 1. The first-order valence-corrected chi connectivity index (χ1v) is 11.1. The summed E-state index contributed by atoms with van der Waals surface area (Å²) in [6.45, 7) is 1.98. The highest BCUT2D eigenvalue weighted by molar-refractivity contribution is 5.87. The number of aryl methyl sites for hydroxylation is 1. The largest absolute Gasteiger partial charge is 0.497 e. The number of aliphatic hydroxyl groups is 1. The summed E-state index contributed by atoms with van der Waals surface area (Å²) in [5, 5.41) is 13.5. The van der Waals surface area contributed by atoms with Crippen molar-refractivity contribution in [3.63, 3.8) is 0 Å². The SMILES string of the molecule is COc1cccc(NC(C(=O)N2C(CO)CCC2c2ccccc2)c2ccc(C)cc2)c1. The van der Waals surface area contributed by atoms with Crippen molar-refractivity contribution in [2.75, 3.05) is 19.0 Å². The zero-order valence-electron chi connectivity index (χ0n) is 18.6. The molecule has 166 valence electrons. The second-order valence-corrected chi connectivity index (χ2v) is 8.31. The molecule has 1 aliphatic heterocycles. The number of ether oxygens (including phenoxy) is 1. The Labute approximate surface area is 189 Å². The minimum absolute atomic E-state index is 0.0397. The van der Waals surface area contributed by atoms with Gasteiger partial charge >= 0.3 is 0 Å². The van der Waals surface area contributed by atoms with Crippen LogP contribution in [-0.4, -0.2) is 35.7 Å². The fraction of sp³-hybridized carbons (Fsp3) is 0.296. The van der Waals surface area contributed by atoms with Crippen LogP contribution in [0.1, 0.15) is 41.6 Å². The fourth-order valence-electron chi connectivity index (χ4n) is 4.47. The molecular weight excluding hydrogens is 400 g/mol. The van der Waals surface area contributed by atoms with Crippen LogP contribution in [0.5, 0.6) is 5.75 Å². The average Bonchev–Trinajstić information content (AvgIpc) is 3.28. The molecule has 3 aromatic carbocycles. The molecule has 0 aliphatic carbocycles. The summed E-state index contributed by atoms with van der Waals surface area (Å²) in [4.78, 5) is 15.9. The first-order valence-electron chi connectivity index (χ1n) is 11.1. The van der Waals surface area contributed by atoms with Crippen LogP contribution in [0.15, 0.2) is 78.9 Å². The third-order valence-corrected chi connectivity index (χ3v) is 6.19. The maximum Gasteiger partial charge on any atom is 0.250 e. The van der Waals surface area contributed by atoms with E-state index < -0.39 is 6.04 Å². The molecule has 1 fully saturated rings. The zero-order valence-corrected chi connectivity index (χ0v) is 18.6. The van der Waals surface area contributed by atoms with Gasteiger partial charge in [0.1, 0.15) is 11.8 Å². The van der Waals surface area contributed by atoms with E-state index in [1.165, 1.54) is 0 Å². The summed E-state index contributed by atoms with van der Waals surface area (Å²) >= 11 is 0. The van der Waals surface area contributed by atoms with Crippen LogP contribution in [0.2, 0.25) is 0 Å². The van der Waals surface area contributed by atoms with E-state index in [4.69, 9.17) is 4.74 Å². The molecule has 1 aliphatic rings. The summed E-state index contributed by atoms with van der Waals surface area (Å²) in [5.41, 5.74) is 3.93. The first-order chi connectivity index (χ1) is 15.6. The first kappa shape index (κ1) is 21.9. The lowest BCUT2D eigenvalue weighted by atomic mass is 10.0. The van der Waals surface area contributed by atoms with Crippen molar-refractivity contribution in [3.8, 4) is 5.75 Å². The van der Waals surface area contributed by atoms with Crippen LogP contribution < -0.4 is 10.1 Å². The topological polar surface area (TPSA) is 61.8 Å². The molecule has 3 aromatic rings. The fourth-order valence-corrected chi connectivity index (χ4v) is 4.47. The van der Waals surface area contributed by atoms with Gasteiger partial charge in [-0.2, -0.15) is 0 Å². The Hall–Kier alpha value is -3.31. The summed E-state index contributed by atoms with van der Waals surface area (Å²) < 4.78 is 5.36. The van der Waals surface area contributed by atoms with Gasteiger partial charge in [-0.05, 0) is 43.0 Å². The number of carbonyl (C=O) groups is 1. The second kappa shape index (κ2) is 9.88. The number of nitrogens with zero attached hydrogens (tertiary/aromatic N) is 1. The van der Waals surface area contributed by atoms with Gasteiger partial charge in [0.2, 0.25) is 0 Å². The van der Waals surface area contributed by atoms with E-state index in [-0.39, 0.29) is 24.6 Å². The lowest BCUT2D eigenvalue weighted by molar-refractivity contribution is -0.136. The number of rotatable bonds is 7. The summed E-state index contributed by atoms with van der Waals surface area (Å²) in [7, 11) is 1.63. The number of methoxy groups -OCH3 is 1. The molecule has 0 bridgehead atoms. The van der Waals surface area contributed by atoms with Crippen LogP contribution in [0.4, 0.5) is 5.69 Å². The third kappa shape index (κ3) is 4.63. The molecule has 3 atom stereocenters. The number of aliphatic hydroxyl groups excluding tert-OH is 1. The Morgan fingerprint density at radius 1 is 1.06 bits per heavy atom. The minimum atomic E-state index is -0.582. The van der Waals surface area contributed by atoms with Gasteiger partial charge in [0.25, 0.3) is 5.91 Å². The predicted octanol–water partition coefficient (Wildman–Crippen LogP) is 4.88. The van der Waals surface area contributed by atoms with E-state index >= 15 is 0 Å². The molecule has 5 nitrogen and oxygen atoms in total. The van der Waals surface area contributed by atoms with Crippen molar-refractivity contribution in [3.05, 3.63) is 95.6 Å². The molecule has 0 saturated carbocycles. The maximum absolute atomic E-state index is 14.1. The van der Waals surface area contributed by atoms with Crippen molar-refractivity contribution in [2.24, 2.45) is 0 Å². The molecule has 5 heteroatoms. The number of hydrogen-bond donors (Lipinski definition) is 2. The number of hydrogen-bond acceptors (Lipinski definition) is 4. The van der Waals surface area contributed by atoms with Crippen molar-refractivity contribution < 1.29 is 14.6 Å². The molecule has 1 heterocycles. The van der Waals surface area contributed by atoms with E-state index in [0.717, 1.165) is 41.0 Å². The Bertz CT molecular complexity index is 1040. The molecule has 4 rings (SSSR count). The highest BCUT2D eigenvalue weighted by atomic mass is 16.5. The van der Waals surface area contributed by atoms with Gasteiger partial charge in [0.05, 0.1) is 25.8 Å². The number of nitrogens with one attached hydrogen (secondary N) is 1. The van der Waals surface area contributed by atoms with E-state index in [9.17, 15) is 9.90 Å². The summed E-state index contributed by atoms with van der Waals surface area (Å²) in [6, 6.07) is 24.9. The van der Waals surface area contributed by atoms with Gasteiger partial charge in [0, 0.05) is 11.8 Å². The average molecular weight is 431 g/mol. The highest BCUT2D eigenvalue weighted by Crippen LogP contribution is 2.38. The third-order valence-electron chi connectivity index (χ3n) is 6.19. The van der Waals surface area contributed by atoms with Crippen LogP contribution in [0, 0.1) is 6.92 Å². The Balaban J connectivity index is 1.71. The quantitative estimate of drug-likeness (QED) is 0.561. The minimum Gasteiger partial charge on any atom is -0.497 e. The lowest BCUT2D eigenvalue weighted by Gasteiger charge is -2.34. The van der Waals surface area contributed by atoms with Crippen LogP contribution >= 0.6 is 0 Å². The molecular formula is C27H30N2O3. The van der Waals surface area contributed by atoms with Crippen LogP contribution in [0.25, 0.3) is 0 Å². The molecule has 1 amide bonds. The Kier molecular flexibility index (Phi) is 6.76. The molecule has 0 radical (unpaired) electrons. The van der Waals surface area contributed by atoms with E-state index in [1.54, 1.807) is 7.11 Å². The standard InChI is InChI=1S/C27H30N2O3/c1-19-11-13-21(14-12-19)26(28-22-9-6-10-24(17-22)32-2)27(31)29-23(18-30)15-16-25(29)20-7-4-3-5-8-20/h3-14,17,23,25-26,28,30H,15-16,18H2,1-2H3. The Morgan fingerprint density at radius 2 is 1.81 bits per heavy atom. The number of amides is 1. The zero-order chi connectivity index (χ0) is 22.5. The molecule has 2 N–H and O–H groups in total. The van der Waals surface area contributed by atoms with Gasteiger partial charge < -0.3 is 20.1 Å². The predicted molar refractivity (Wildman–Crippen MR) is 127 cm³/mol. The normalized spacial score (nSPS) is 18.9. The molecule has 1 saturated heterocycles. The van der Waals surface area contributed by atoms with E-state index in [1.807, 2.05) is 78.6 Å². The number of likely N-dealkylation sites (tertiary alicyclic amines) is 1. The Morgan fingerprint density at radius 3 is 2.50 bits per heavy atom. The highest BCUT2D eigenvalue weighted by Gasteiger charge is 2.40. The van der Waals surface area contributed by atoms with Gasteiger partial charge in [-0.3, -0.25) is 4.79 Å². The van der Waals surface area contributed by atoms with E-state index in [0.29, 0.717) is 0 Å². The molecule has 0 spiro atoms. The van der Waals surface area contributed by atoms with Gasteiger partial charge in [-0.15, -0.1) is 0 Å². The molecule has 3 unspecified atom stereocenters. The van der Waals surface area contributed by atoms with Crippen molar-refractivity contribution >= 4 is 11.6 Å². The summed E-state index contributed by atoms with van der Waals surface area (Å²) in [5.74, 6) is 0.684.